The number of hydrogen-bond donors (Lipinski definition) is 3. The van der Waals surface area contributed by atoms with Gasteiger partial charge in [0.15, 0.2) is 0 Å². The van der Waals surface area contributed by atoms with E-state index in [0.717, 1.165) is 9.80 Å². The molecule has 0 aliphatic carbocycles. The monoisotopic (exact) mass is 371 g/mol. The Morgan fingerprint density at radius 1 is 1.15 bits per heavy atom. The number of carbonyl (C=O) groups excluding carboxylic acids is 3. The number of nitrogens with two attached hydrogens (primary N) is 1. The van der Waals surface area contributed by atoms with Crippen LogP contribution in [0.4, 0.5) is 0 Å². The van der Waals surface area contributed by atoms with E-state index < -0.39 is 47.8 Å². The summed E-state index contributed by atoms with van der Waals surface area (Å²) in [5, 5.41) is 17.9. The fourth-order valence-corrected chi connectivity index (χ4v) is 2.90. The third-order valence-corrected chi connectivity index (χ3v) is 4.24. The maximum Gasteiger partial charge on any atom is 0.326 e. The van der Waals surface area contributed by atoms with Crippen LogP contribution in [0, 0.1) is 0 Å². The topological polar surface area (TPSA) is 158 Å². The van der Waals surface area contributed by atoms with Crippen molar-refractivity contribution in [3.05, 3.63) is 0 Å². The number of carbonyl (C=O) groups is 5. The molecule has 3 atom stereocenters. The first-order chi connectivity index (χ1) is 12.1. The lowest BCUT2D eigenvalue weighted by atomic mass is 10.1. The van der Waals surface area contributed by atoms with E-state index in [9.17, 15) is 29.1 Å². The van der Waals surface area contributed by atoms with Crippen molar-refractivity contribution in [2.45, 2.75) is 64.1 Å². The summed E-state index contributed by atoms with van der Waals surface area (Å²) < 4.78 is 0. The Bertz CT molecular complexity index is 590. The number of aliphatic carboxylic acids is 2. The summed E-state index contributed by atoms with van der Waals surface area (Å²) >= 11 is 0. The predicted octanol–water partition coefficient (Wildman–Crippen LogP) is -0.592. The summed E-state index contributed by atoms with van der Waals surface area (Å²) in [4.78, 5) is 61.2. The maximum atomic E-state index is 12.7. The summed E-state index contributed by atoms with van der Waals surface area (Å²) in [5.74, 6) is -4.33. The number of hydrogen-bond acceptors (Lipinski definition) is 6. The molecule has 0 radical (unpaired) electrons. The van der Waals surface area contributed by atoms with E-state index >= 15 is 0 Å². The molecule has 0 aromatic rings. The third kappa shape index (κ3) is 5.25. The molecular formula is C16H25N3O7. The lowest BCUT2D eigenvalue weighted by Crippen LogP contribution is -2.56. The van der Waals surface area contributed by atoms with Gasteiger partial charge in [0.1, 0.15) is 12.1 Å². The van der Waals surface area contributed by atoms with Crippen LogP contribution in [0.5, 0.6) is 0 Å². The standard InChI is InChI=1S/C16H25N3O7/c1-9(17)14(23)19(12(20)6-3-7-13(21)22)10(2)15(24)18-8-4-5-11(18)16(25)26/h9-11H,3-8,17H2,1-2H3,(H,21,22)(H,25,26)/t9-,10-,11-/m0/s1. The second-order valence-electron chi connectivity index (χ2n) is 6.34. The molecule has 10 nitrogen and oxygen atoms in total. The number of carboxylic acid groups (broad SMARTS) is 2. The van der Waals surface area contributed by atoms with Crippen LogP contribution in [0.1, 0.15) is 46.0 Å². The lowest BCUT2D eigenvalue weighted by molar-refractivity contribution is -0.157. The highest BCUT2D eigenvalue weighted by Gasteiger charge is 2.40. The number of carboxylic acids is 2. The predicted molar refractivity (Wildman–Crippen MR) is 88.8 cm³/mol. The van der Waals surface area contributed by atoms with Gasteiger partial charge in [-0.1, -0.05) is 0 Å². The molecule has 1 saturated heterocycles. The highest BCUT2D eigenvalue weighted by molar-refractivity contribution is 6.02. The van der Waals surface area contributed by atoms with Gasteiger partial charge in [0.2, 0.25) is 17.7 Å². The smallest absolute Gasteiger partial charge is 0.326 e. The van der Waals surface area contributed by atoms with E-state index in [-0.39, 0.29) is 25.8 Å². The molecule has 1 heterocycles. The van der Waals surface area contributed by atoms with Crippen molar-refractivity contribution in [3.63, 3.8) is 0 Å². The molecule has 1 rings (SSSR count). The Balaban J connectivity index is 2.96. The molecule has 1 fully saturated rings. The van der Waals surface area contributed by atoms with E-state index in [1.165, 1.54) is 13.8 Å². The summed E-state index contributed by atoms with van der Waals surface area (Å²) in [6.07, 6.45) is 0.357. The molecule has 4 N–H and O–H groups in total. The molecule has 0 aromatic carbocycles. The zero-order chi connectivity index (χ0) is 20.0. The van der Waals surface area contributed by atoms with Gasteiger partial charge in [-0.2, -0.15) is 0 Å². The average molecular weight is 371 g/mol. The van der Waals surface area contributed by atoms with Crippen LogP contribution in [0.2, 0.25) is 0 Å². The zero-order valence-corrected chi connectivity index (χ0v) is 14.9. The van der Waals surface area contributed by atoms with E-state index in [2.05, 4.69) is 0 Å². The van der Waals surface area contributed by atoms with Crippen molar-refractivity contribution in [2.75, 3.05) is 6.54 Å². The largest absolute Gasteiger partial charge is 0.481 e. The SMILES string of the molecule is C[C@H](N)C(=O)N(C(=O)CCCC(=O)O)[C@@H](C)C(=O)N1CCC[C@H]1C(=O)O. The van der Waals surface area contributed by atoms with E-state index in [1.807, 2.05) is 0 Å². The second-order valence-corrected chi connectivity index (χ2v) is 6.34. The van der Waals surface area contributed by atoms with Crippen molar-refractivity contribution in [1.29, 1.82) is 0 Å². The molecule has 26 heavy (non-hydrogen) atoms. The van der Waals surface area contributed by atoms with Crippen molar-refractivity contribution in [3.8, 4) is 0 Å². The highest BCUT2D eigenvalue weighted by Crippen LogP contribution is 2.20. The first-order valence-corrected chi connectivity index (χ1v) is 8.44. The lowest BCUT2D eigenvalue weighted by Gasteiger charge is -2.32. The summed E-state index contributed by atoms with van der Waals surface area (Å²) in [7, 11) is 0. The van der Waals surface area contributed by atoms with Crippen LogP contribution < -0.4 is 5.73 Å². The van der Waals surface area contributed by atoms with Crippen LogP contribution >= 0.6 is 0 Å². The summed E-state index contributed by atoms with van der Waals surface area (Å²) in [5.41, 5.74) is 5.56. The van der Waals surface area contributed by atoms with Crippen molar-refractivity contribution < 1.29 is 34.2 Å². The molecule has 0 bridgehead atoms. The minimum Gasteiger partial charge on any atom is -0.481 e. The zero-order valence-electron chi connectivity index (χ0n) is 14.9. The average Bonchev–Trinajstić information content (AvgIpc) is 3.03. The van der Waals surface area contributed by atoms with Gasteiger partial charge in [-0.25, -0.2) is 4.79 Å². The Kier molecular flexibility index (Phi) is 7.69. The number of likely N-dealkylation sites (tertiary alicyclic amines) is 1. The van der Waals surface area contributed by atoms with Gasteiger partial charge in [-0.3, -0.25) is 24.1 Å². The van der Waals surface area contributed by atoms with Gasteiger partial charge in [0.05, 0.1) is 6.04 Å². The molecular weight excluding hydrogens is 346 g/mol. The van der Waals surface area contributed by atoms with Gasteiger partial charge in [0, 0.05) is 19.4 Å². The van der Waals surface area contributed by atoms with Crippen LogP contribution in [-0.4, -0.2) is 74.3 Å². The van der Waals surface area contributed by atoms with Gasteiger partial charge < -0.3 is 20.8 Å². The minimum atomic E-state index is -1.22. The van der Waals surface area contributed by atoms with Crippen LogP contribution in [0.25, 0.3) is 0 Å². The van der Waals surface area contributed by atoms with Gasteiger partial charge in [-0.05, 0) is 33.1 Å². The third-order valence-electron chi connectivity index (χ3n) is 4.24. The quantitative estimate of drug-likeness (QED) is 0.510. The van der Waals surface area contributed by atoms with E-state index in [4.69, 9.17) is 10.8 Å². The van der Waals surface area contributed by atoms with Gasteiger partial charge in [-0.15, -0.1) is 0 Å². The molecule has 0 saturated carbocycles. The molecule has 1 aliphatic rings. The Labute approximate surface area is 150 Å². The van der Waals surface area contributed by atoms with Gasteiger partial charge in [0.25, 0.3) is 0 Å². The first kappa shape index (κ1) is 21.6. The first-order valence-electron chi connectivity index (χ1n) is 8.44. The number of rotatable bonds is 8. The maximum absolute atomic E-state index is 12.7. The van der Waals surface area contributed by atoms with Crippen molar-refractivity contribution in [2.24, 2.45) is 5.73 Å². The summed E-state index contributed by atoms with van der Waals surface area (Å²) in [6, 6.07) is -3.24. The molecule has 3 amide bonds. The molecule has 1 aliphatic heterocycles. The minimum absolute atomic E-state index is 0.0132. The Morgan fingerprint density at radius 3 is 2.27 bits per heavy atom. The van der Waals surface area contributed by atoms with E-state index in [0.29, 0.717) is 12.8 Å². The van der Waals surface area contributed by atoms with Crippen LogP contribution in [0.3, 0.4) is 0 Å². The molecule has 146 valence electrons. The molecule has 0 unspecified atom stereocenters. The molecule has 10 heteroatoms. The normalized spacial score (nSPS) is 18.9. The second kappa shape index (κ2) is 9.27. The highest BCUT2D eigenvalue weighted by atomic mass is 16.4. The fraction of sp³-hybridized carbons (Fsp3) is 0.688. The summed E-state index contributed by atoms with van der Waals surface area (Å²) in [6.45, 7) is 2.94. The van der Waals surface area contributed by atoms with Crippen molar-refractivity contribution >= 4 is 29.7 Å². The Hall–Kier alpha value is -2.49. The Morgan fingerprint density at radius 2 is 1.77 bits per heavy atom. The van der Waals surface area contributed by atoms with Crippen LogP contribution in [-0.2, 0) is 24.0 Å². The molecule has 0 spiro atoms. The number of nitrogens with zero attached hydrogens (tertiary/aromatic N) is 2. The van der Waals surface area contributed by atoms with E-state index in [1.54, 1.807) is 0 Å². The van der Waals surface area contributed by atoms with Crippen LogP contribution in [0.15, 0.2) is 0 Å². The van der Waals surface area contributed by atoms with Gasteiger partial charge >= 0.3 is 11.9 Å². The fourth-order valence-electron chi connectivity index (χ4n) is 2.90. The molecule has 0 aromatic heterocycles. The van der Waals surface area contributed by atoms with Crippen molar-refractivity contribution in [1.82, 2.24) is 9.80 Å². The number of amides is 3. The number of imide groups is 1.